The molecule has 2 saturated heterocycles. The first kappa shape index (κ1) is 28.6. The van der Waals surface area contributed by atoms with Gasteiger partial charge in [0, 0.05) is 86.4 Å². The maximum atomic E-state index is 12.7. The van der Waals surface area contributed by atoms with Gasteiger partial charge >= 0.3 is 0 Å². The Labute approximate surface area is 257 Å². The van der Waals surface area contributed by atoms with Crippen molar-refractivity contribution in [2.24, 2.45) is 5.92 Å². The van der Waals surface area contributed by atoms with Gasteiger partial charge in [0.15, 0.2) is 0 Å². The van der Waals surface area contributed by atoms with Gasteiger partial charge in [0.25, 0.3) is 5.91 Å². The van der Waals surface area contributed by atoms with E-state index in [4.69, 9.17) is 14.8 Å². The first-order valence-corrected chi connectivity index (χ1v) is 15.8. The van der Waals surface area contributed by atoms with Gasteiger partial charge in [-0.2, -0.15) is 5.10 Å². The van der Waals surface area contributed by atoms with Crippen molar-refractivity contribution in [1.29, 1.82) is 0 Å². The van der Waals surface area contributed by atoms with Crippen LogP contribution in [0.1, 0.15) is 60.4 Å². The van der Waals surface area contributed by atoms with E-state index in [0.29, 0.717) is 37.3 Å². The monoisotopic (exact) mass is 593 g/mol. The molecule has 7 rings (SSSR count). The second kappa shape index (κ2) is 12.5. The fourth-order valence-corrected chi connectivity index (χ4v) is 6.79. The van der Waals surface area contributed by atoms with Crippen LogP contribution < -0.4 is 10.6 Å². The number of benzene rings is 1. The molecule has 2 N–H and O–H groups in total. The predicted octanol–water partition coefficient (Wildman–Crippen LogP) is 4.15. The van der Waals surface area contributed by atoms with E-state index in [9.17, 15) is 9.59 Å². The van der Waals surface area contributed by atoms with Gasteiger partial charge in [-0.15, -0.1) is 0 Å². The van der Waals surface area contributed by atoms with Crippen LogP contribution in [0.3, 0.4) is 0 Å². The molecule has 0 atom stereocenters. The normalized spacial score (nSPS) is 17.9. The lowest BCUT2D eigenvalue weighted by atomic mass is 9.96. The Morgan fingerprint density at radius 2 is 1.89 bits per heavy atom. The van der Waals surface area contributed by atoms with Gasteiger partial charge in [-0.3, -0.25) is 24.2 Å². The molecule has 10 nitrogen and oxygen atoms in total. The Morgan fingerprint density at radius 3 is 2.66 bits per heavy atom. The third kappa shape index (κ3) is 5.71. The molecule has 3 aromatic heterocycles. The number of ether oxygens (including phenoxy) is 1. The van der Waals surface area contributed by atoms with Crippen LogP contribution >= 0.6 is 0 Å². The molecule has 3 aliphatic rings. The average Bonchev–Trinajstić information content (AvgIpc) is 3.46. The lowest BCUT2D eigenvalue weighted by molar-refractivity contribution is -0.129. The van der Waals surface area contributed by atoms with E-state index in [1.165, 1.54) is 5.69 Å². The average molecular weight is 594 g/mol. The van der Waals surface area contributed by atoms with Crippen molar-refractivity contribution in [1.82, 2.24) is 35.3 Å². The van der Waals surface area contributed by atoms with E-state index in [-0.39, 0.29) is 11.8 Å². The van der Waals surface area contributed by atoms with E-state index in [0.717, 1.165) is 97.3 Å². The Bertz CT molecular complexity index is 1670. The van der Waals surface area contributed by atoms with Gasteiger partial charge in [-0.1, -0.05) is 18.2 Å². The largest absolute Gasteiger partial charge is 0.381 e. The molecule has 6 heterocycles. The summed E-state index contributed by atoms with van der Waals surface area (Å²) in [5, 5.41) is 13.7. The third-order valence-corrected chi connectivity index (χ3v) is 9.39. The first-order valence-electron chi connectivity index (χ1n) is 15.8. The van der Waals surface area contributed by atoms with Crippen molar-refractivity contribution in [2.45, 2.75) is 51.6 Å². The Hall–Kier alpha value is -4.15. The van der Waals surface area contributed by atoms with E-state index in [2.05, 4.69) is 44.6 Å². The van der Waals surface area contributed by atoms with Crippen LogP contribution in [0, 0.1) is 5.92 Å². The molecule has 0 unspecified atom stereocenters. The minimum atomic E-state index is -0.141. The van der Waals surface area contributed by atoms with E-state index >= 15 is 0 Å². The third-order valence-electron chi connectivity index (χ3n) is 9.39. The summed E-state index contributed by atoms with van der Waals surface area (Å²) in [5.41, 5.74) is 6.37. The van der Waals surface area contributed by atoms with Crippen LogP contribution in [0.5, 0.6) is 0 Å². The Kier molecular flexibility index (Phi) is 8.10. The highest BCUT2D eigenvalue weighted by molar-refractivity contribution is 5.98. The zero-order valence-corrected chi connectivity index (χ0v) is 25.2. The molecular formula is C34H39N7O3. The number of hydrogen-bond acceptors (Lipinski definition) is 7. The van der Waals surface area contributed by atoms with Gasteiger partial charge in [0.1, 0.15) is 5.69 Å². The zero-order valence-electron chi connectivity index (χ0n) is 25.2. The van der Waals surface area contributed by atoms with Crippen LogP contribution in [0.4, 0.5) is 0 Å². The summed E-state index contributed by atoms with van der Waals surface area (Å²) >= 11 is 0. The van der Waals surface area contributed by atoms with Crippen LogP contribution in [0.15, 0.2) is 48.8 Å². The van der Waals surface area contributed by atoms with Crippen molar-refractivity contribution in [2.75, 3.05) is 39.4 Å². The van der Waals surface area contributed by atoms with Gasteiger partial charge < -0.3 is 20.3 Å². The van der Waals surface area contributed by atoms with E-state index in [1.807, 2.05) is 17.2 Å². The van der Waals surface area contributed by atoms with Crippen LogP contribution in [-0.2, 0) is 22.5 Å². The molecule has 44 heavy (non-hydrogen) atoms. The second-order valence-corrected chi connectivity index (χ2v) is 12.2. The summed E-state index contributed by atoms with van der Waals surface area (Å²) in [6, 6.07) is 12.3. The molecule has 228 valence electrons. The Morgan fingerprint density at radius 1 is 1.05 bits per heavy atom. The highest BCUT2D eigenvalue weighted by Crippen LogP contribution is 2.37. The van der Waals surface area contributed by atoms with Crippen molar-refractivity contribution >= 4 is 22.6 Å². The molecule has 3 aliphatic heterocycles. The molecule has 0 bridgehead atoms. The highest BCUT2D eigenvalue weighted by Gasteiger charge is 2.30. The van der Waals surface area contributed by atoms with Crippen molar-refractivity contribution in [3.63, 3.8) is 0 Å². The smallest absolute Gasteiger partial charge is 0.269 e. The summed E-state index contributed by atoms with van der Waals surface area (Å²) in [5.74, 6) is 0.460. The summed E-state index contributed by atoms with van der Waals surface area (Å²) in [7, 11) is 0. The summed E-state index contributed by atoms with van der Waals surface area (Å²) < 4.78 is 7.86. The number of carbonyl (C=O) groups is 2. The minimum absolute atomic E-state index is 0.0866. The molecule has 0 saturated carbocycles. The molecule has 4 aromatic rings. The molecule has 1 aromatic carbocycles. The molecule has 0 aliphatic carbocycles. The topological polar surface area (TPSA) is 114 Å². The number of fused-ring (bicyclic) bond motifs is 2. The fourth-order valence-electron chi connectivity index (χ4n) is 6.79. The number of piperidine rings is 1. The maximum absolute atomic E-state index is 12.7. The molecule has 2 fully saturated rings. The fraction of sp³-hybridized carbons (Fsp3) is 0.441. The lowest BCUT2D eigenvalue weighted by Gasteiger charge is -2.29. The summed E-state index contributed by atoms with van der Waals surface area (Å²) in [6.07, 6.45) is 8.48. The number of nitrogens with zero attached hydrogens (tertiary/aromatic N) is 5. The zero-order chi connectivity index (χ0) is 30.0. The molecule has 0 spiro atoms. The highest BCUT2D eigenvalue weighted by atomic mass is 16.5. The SMILES string of the molecule is CC(=O)N1CCc2c(c(-c3cccc4cc(-c5ccc(C(=O)NCC6CCNCC6)nc5)ncc34)nn2C2CCOCC2)C1. The molecule has 10 heteroatoms. The van der Waals surface area contributed by atoms with Crippen molar-refractivity contribution < 1.29 is 14.3 Å². The van der Waals surface area contributed by atoms with Crippen LogP contribution in [0.2, 0.25) is 0 Å². The Balaban J connectivity index is 1.16. The van der Waals surface area contributed by atoms with Gasteiger partial charge in [-0.05, 0) is 68.3 Å². The molecule has 0 radical (unpaired) electrons. The first-order chi connectivity index (χ1) is 21.5. The molecular weight excluding hydrogens is 554 g/mol. The van der Waals surface area contributed by atoms with Gasteiger partial charge in [0.2, 0.25) is 5.91 Å². The number of carbonyl (C=O) groups excluding carboxylic acids is 2. The number of nitrogens with one attached hydrogen (secondary N) is 2. The van der Waals surface area contributed by atoms with Gasteiger partial charge in [-0.25, -0.2) is 0 Å². The quantitative estimate of drug-likeness (QED) is 0.345. The second-order valence-electron chi connectivity index (χ2n) is 12.2. The summed E-state index contributed by atoms with van der Waals surface area (Å²) in [6.45, 7) is 7.10. The van der Waals surface area contributed by atoms with E-state index in [1.54, 1.807) is 19.2 Å². The summed E-state index contributed by atoms with van der Waals surface area (Å²) in [4.78, 5) is 36.3. The van der Waals surface area contributed by atoms with Crippen molar-refractivity contribution in [3.8, 4) is 22.5 Å². The lowest BCUT2D eigenvalue weighted by Crippen LogP contribution is -2.36. The van der Waals surface area contributed by atoms with Crippen LogP contribution in [0.25, 0.3) is 33.3 Å². The van der Waals surface area contributed by atoms with Gasteiger partial charge in [0.05, 0.1) is 17.4 Å². The standard InChI is InChI=1S/C34H39N7O3/c1-22(42)40-14-9-32-29(21-40)33(39-41(32)26-10-15-44-16-11-26)27-4-2-3-24-17-31(37-20-28(24)27)25-5-6-30(36-19-25)34(43)38-18-23-7-12-35-13-8-23/h2-6,17,19-20,23,26,35H,7-16,18,21H2,1H3,(H,38,43). The minimum Gasteiger partial charge on any atom is -0.381 e. The maximum Gasteiger partial charge on any atom is 0.269 e. The number of pyridine rings is 2. The number of hydrogen-bond donors (Lipinski definition) is 2. The number of amides is 2. The van der Waals surface area contributed by atoms with E-state index < -0.39 is 0 Å². The van der Waals surface area contributed by atoms with Crippen molar-refractivity contribution in [3.05, 3.63) is 65.7 Å². The number of aromatic nitrogens is 4. The number of rotatable bonds is 6. The molecule has 2 amide bonds. The van der Waals surface area contributed by atoms with Crippen LogP contribution in [-0.4, -0.2) is 75.9 Å². The predicted molar refractivity (Wildman–Crippen MR) is 168 cm³/mol.